The fourth-order valence-corrected chi connectivity index (χ4v) is 1.24. The van der Waals surface area contributed by atoms with Crippen LogP contribution in [-0.4, -0.2) is 22.8 Å². The van der Waals surface area contributed by atoms with Crippen molar-refractivity contribution in [2.45, 2.75) is 26.4 Å². The van der Waals surface area contributed by atoms with Gasteiger partial charge in [-0.05, 0) is 26.8 Å². The van der Waals surface area contributed by atoms with E-state index in [1.807, 2.05) is 0 Å². The van der Waals surface area contributed by atoms with Crippen LogP contribution in [0.25, 0.3) is 0 Å². The molecule has 7 heteroatoms. The average molecular weight is 273 g/mol. The molecule has 2 N–H and O–H groups in total. The van der Waals surface area contributed by atoms with Gasteiger partial charge in [0.2, 0.25) is 0 Å². The lowest BCUT2D eigenvalue weighted by molar-refractivity contribution is 0.0636. The topological polar surface area (TPSA) is 75.6 Å². The molecule has 104 valence electrons. The number of anilines is 1. The number of halogens is 2. The Bertz CT molecular complexity index is 523. The maximum atomic E-state index is 13.1. The summed E-state index contributed by atoms with van der Waals surface area (Å²) >= 11 is 0. The van der Waals surface area contributed by atoms with Gasteiger partial charge in [0.15, 0.2) is 11.6 Å². The summed E-state index contributed by atoms with van der Waals surface area (Å²) in [4.78, 5) is 22.3. The number of hydrogen-bond acceptors (Lipinski definition) is 3. The number of benzene rings is 1. The molecule has 0 aromatic heterocycles. The number of amides is 1. The van der Waals surface area contributed by atoms with Crippen LogP contribution in [0.5, 0.6) is 0 Å². The molecule has 0 fully saturated rings. The van der Waals surface area contributed by atoms with Gasteiger partial charge in [0, 0.05) is 6.07 Å². The van der Waals surface area contributed by atoms with E-state index in [1.165, 1.54) is 0 Å². The van der Waals surface area contributed by atoms with Gasteiger partial charge >= 0.3 is 12.1 Å². The summed E-state index contributed by atoms with van der Waals surface area (Å²) in [5.41, 5.74) is -1.74. The van der Waals surface area contributed by atoms with E-state index in [0.717, 1.165) is 0 Å². The summed E-state index contributed by atoms with van der Waals surface area (Å²) in [6.45, 7) is 4.82. The standard InChI is InChI=1S/C12H13F2NO4/c1-12(2,3)19-11(18)15-9-5-8(14)7(13)4-6(9)10(16)17/h4-5H,1-3H3,(H,15,18)(H,16,17). The van der Waals surface area contributed by atoms with Crippen LogP contribution in [0.4, 0.5) is 19.3 Å². The number of carboxylic acids is 1. The largest absolute Gasteiger partial charge is 0.478 e. The van der Waals surface area contributed by atoms with Gasteiger partial charge in [-0.3, -0.25) is 5.32 Å². The van der Waals surface area contributed by atoms with Gasteiger partial charge in [-0.15, -0.1) is 0 Å². The second-order valence-corrected chi connectivity index (χ2v) is 4.74. The molecule has 1 rings (SSSR count). The number of carbonyl (C=O) groups is 2. The Hall–Kier alpha value is -2.18. The number of nitrogens with one attached hydrogen (secondary N) is 1. The number of carboxylic acid groups (broad SMARTS) is 1. The minimum absolute atomic E-state index is 0.374. The van der Waals surface area contributed by atoms with Crippen LogP contribution in [0, 0.1) is 11.6 Å². The van der Waals surface area contributed by atoms with E-state index in [2.05, 4.69) is 5.32 Å². The first-order valence-corrected chi connectivity index (χ1v) is 5.32. The Balaban J connectivity index is 3.03. The molecule has 1 aromatic rings. The molecule has 0 atom stereocenters. The van der Waals surface area contributed by atoms with Crippen molar-refractivity contribution in [3.05, 3.63) is 29.3 Å². The molecule has 0 saturated heterocycles. The highest BCUT2D eigenvalue weighted by Crippen LogP contribution is 2.21. The molecular formula is C12H13F2NO4. The Morgan fingerprint density at radius 3 is 2.21 bits per heavy atom. The van der Waals surface area contributed by atoms with Gasteiger partial charge in [0.1, 0.15) is 5.60 Å². The van der Waals surface area contributed by atoms with Crippen LogP contribution in [0.3, 0.4) is 0 Å². The van der Waals surface area contributed by atoms with E-state index in [1.54, 1.807) is 20.8 Å². The van der Waals surface area contributed by atoms with Crippen molar-refractivity contribution < 1.29 is 28.2 Å². The molecule has 1 aromatic carbocycles. The minimum atomic E-state index is -1.50. The fourth-order valence-electron chi connectivity index (χ4n) is 1.24. The Morgan fingerprint density at radius 2 is 1.74 bits per heavy atom. The Kier molecular flexibility index (Phi) is 4.08. The number of ether oxygens (including phenoxy) is 1. The highest BCUT2D eigenvalue weighted by atomic mass is 19.2. The molecule has 0 radical (unpaired) electrons. The van der Waals surface area contributed by atoms with Gasteiger partial charge < -0.3 is 9.84 Å². The zero-order valence-electron chi connectivity index (χ0n) is 10.6. The summed E-state index contributed by atoms with van der Waals surface area (Å²) in [7, 11) is 0. The van der Waals surface area contributed by atoms with Crippen molar-refractivity contribution in [1.82, 2.24) is 0 Å². The van der Waals surface area contributed by atoms with Crippen molar-refractivity contribution in [2.75, 3.05) is 5.32 Å². The van der Waals surface area contributed by atoms with E-state index in [4.69, 9.17) is 9.84 Å². The molecule has 1 amide bonds. The first kappa shape index (κ1) is 14.9. The van der Waals surface area contributed by atoms with Crippen LogP contribution in [-0.2, 0) is 4.74 Å². The van der Waals surface area contributed by atoms with Crippen molar-refractivity contribution in [1.29, 1.82) is 0 Å². The van der Waals surface area contributed by atoms with Crippen molar-refractivity contribution >= 4 is 17.7 Å². The molecule has 19 heavy (non-hydrogen) atoms. The minimum Gasteiger partial charge on any atom is -0.478 e. The number of aromatic carboxylic acids is 1. The Morgan fingerprint density at radius 1 is 1.21 bits per heavy atom. The number of carbonyl (C=O) groups excluding carboxylic acids is 1. The lowest BCUT2D eigenvalue weighted by atomic mass is 10.1. The number of rotatable bonds is 2. The summed E-state index contributed by atoms with van der Waals surface area (Å²) in [6.07, 6.45) is -0.957. The Labute approximate surface area is 108 Å². The average Bonchev–Trinajstić information content (AvgIpc) is 2.19. The van der Waals surface area contributed by atoms with Gasteiger partial charge in [0.25, 0.3) is 0 Å². The zero-order valence-corrected chi connectivity index (χ0v) is 10.6. The highest BCUT2D eigenvalue weighted by molar-refractivity contribution is 5.98. The van der Waals surface area contributed by atoms with Gasteiger partial charge in [-0.2, -0.15) is 0 Å². The van der Waals surface area contributed by atoms with Crippen molar-refractivity contribution in [2.24, 2.45) is 0 Å². The third-order valence-electron chi connectivity index (χ3n) is 1.93. The molecule has 0 aliphatic heterocycles. The van der Waals surface area contributed by atoms with E-state index < -0.39 is 34.9 Å². The summed E-state index contributed by atoms with van der Waals surface area (Å²) < 4.78 is 30.9. The predicted octanol–water partition coefficient (Wildman–Crippen LogP) is 3.01. The first-order valence-electron chi connectivity index (χ1n) is 5.32. The third kappa shape index (κ3) is 4.20. The molecular weight excluding hydrogens is 260 g/mol. The molecule has 0 bridgehead atoms. The molecule has 0 spiro atoms. The lowest BCUT2D eigenvalue weighted by Gasteiger charge is -2.20. The van der Waals surface area contributed by atoms with E-state index in [9.17, 15) is 18.4 Å². The van der Waals surface area contributed by atoms with Crippen LogP contribution >= 0.6 is 0 Å². The van der Waals surface area contributed by atoms with E-state index in [-0.39, 0.29) is 5.69 Å². The smallest absolute Gasteiger partial charge is 0.412 e. The summed E-state index contributed by atoms with van der Waals surface area (Å²) in [5, 5.41) is 10.9. The number of hydrogen-bond donors (Lipinski definition) is 2. The van der Waals surface area contributed by atoms with Gasteiger partial charge in [0.05, 0.1) is 11.3 Å². The summed E-state index contributed by atoms with van der Waals surface area (Å²) in [5.74, 6) is -4.08. The van der Waals surface area contributed by atoms with Crippen LogP contribution in [0.1, 0.15) is 31.1 Å². The predicted molar refractivity (Wildman–Crippen MR) is 63.2 cm³/mol. The molecule has 5 nitrogen and oxygen atoms in total. The summed E-state index contributed by atoms with van der Waals surface area (Å²) in [6, 6.07) is 1.08. The van der Waals surface area contributed by atoms with Gasteiger partial charge in [-0.25, -0.2) is 18.4 Å². The SMILES string of the molecule is CC(C)(C)OC(=O)Nc1cc(F)c(F)cc1C(=O)O. The van der Waals surface area contributed by atoms with E-state index >= 15 is 0 Å². The molecule has 0 aliphatic rings. The second kappa shape index (κ2) is 5.21. The molecule has 0 heterocycles. The first-order chi connectivity index (χ1) is 8.60. The van der Waals surface area contributed by atoms with Crippen LogP contribution < -0.4 is 5.32 Å². The molecule has 0 saturated carbocycles. The molecule has 0 unspecified atom stereocenters. The fraction of sp³-hybridized carbons (Fsp3) is 0.333. The van der Waals surface area contributed by atoms with Crippen molar-refractivity contribution in [3.8, 4) is 0 Å². The quantitative estimate of drug-likeness (QED) is 0.868. The van der Waals surface area contributed by atoms with Gasteiger partial charge in [-0.1, -0.05) is 0 Å². The molecule has 0 aliphatic carbocycles. The maximum absolute atomic E-state index is 13.1. The maximum Gasteiger partial charge on any atom is 0.412 e. The van der Waals surface area contributed by atoms with Crippen molar-refractivity contribution in [3.63, 3.8) is 0 Å². The van der Waals surface area contributed by atoms with E-state index in [0.29, 0.717) is 12.1 Å². The lowest BCUT2D eigenvalue weighted by Crippen LogP contribution is -2.27. The van der Waals surface area contributed by atoms with Crippen LogP contribution in [0.2, 0.25) is 0 Å². The zero-order chi connectivity index (χ0) is 14.8. The monoisotopic (exact) mass is 273 g/mol. The second-order valence-electron chi connectivity index (χ2n) is 4.74. The highest BCUT2D eigenvalue weighted by Gasteiger charge is 2.20. The third-order valence-corrected chi connectivity index (χ3v) is 1.93. The van der Waals surface area contributed by atoms with Crippen LogP contribution in [0.15, 0.2) is 12.1 Å². The normalized spacial score (nSPS) is 11.0.